The summed E-state index contributed by atoms with van der Waals surface area (Å²) in [5, 5.41) is 21.9. The van der Waals surface area contributed by atoms with Gasteiger partial charge in [-0.25, -0.2) is 5.01 Å². The molecular formula is C24H16N4O5. The zero-order valence-corrected chi connectivity index (χ0v) is 17.1. The molecule has 1 saturated heterocycles. The van der Waals surface area contributed by atoms with Gasteiger partial charge in [-0.3, -0.25) is 25.1 Å². The minimum absolute atomic E-state index is 0.00278. The highest BCUT2D eigenvalue weighted by molar-refractivity contribution is 6.31. The lowest BCUT2D eigenvalue weighted by molar-refractivity contribution is -0.386. The molecule has 0 aliphatic carbocycles. The molecule has 9 heteroatoms. The third-order valence-corrected chi connectivity index (χ3v) is 4.92. The van der Waals surface area contributed by atoms with Crippen LogP contribution in [0.3, 0.4) is 0 Å². The molecule has 0 saturated carbocycles. The van der Waals surface area contributed by atoms with E-state index in [1.54, 1.807) is 54.6 Å². The maximum atomic E-state index is 12.7. The SMILES string of the molecule is N#Cc1ccccc1COc1ccc(C=C2C(=O)NN(c3ccccc3)C2=O)cc1[N+](=O)[O-]. The van der Waals surface area contributed by atoms with Crippen molar-refractivity contribution in [2.45, 2.75) is 6.61 Å². The minimum Gasteiger partial charge on any atom is -0.482 e. The van der Waals surface area contributed by atoms with Crippen molar-refractivity contribution < 1.29 is 19.2 Å². The second-order valence-corrected chi connectivity index (χ2v) is 7.02. The zero-order chi connectivity index (χ0) is 23.4. The number of hydrazine groups is 1. The number of nitriles is 1. The highest BCUT2D eigenvalue weighted by atomic mass is 16.6. The van der Waals surface area contributed by atoms with E-state index in [4.69, 9.17) is 4.74 Å². The lowest BCUT2D eigenvalue weighted by Crippen LogP contribution is -2.35. The van der Waals surface area contributed by atoms with Crippen LogP contribution in [-0.4, -0.2) is 16.7 Å². The molecule has 0 radical (unpaired) electrons. The van der Waals surface area contributed by atoms with Gasteiger partial charge in [-0.15, -0.1) is 0 Å². The second-order valence-electron chi connectivity index (χ2n) is 7.02. The summed E-state index contributed by atoms with van der Waals surface area (Å²) in [7, 11) is 0. The van der Waals surface area contributed by atoms with E-state index < -0.39 is 16.7 Å². The molecule has 0 atom stereocenters. The van der Waals surface area contributed by atoms with Crippen LogP contribution in [0.25, 0.3) is 6.08 Å². The minimum atomic E-state index is -0.611. The molecule has 1 N–H and O–H groups in total. The van der Waals surface area contributed by atoms with Crippen molar-refractivity contribution in [1.82, 2.24) is 5.43 Å². The third-order valence-electron chi connectivity index (χ3n) is 4.92. The first-order chi connectivity index (χ1) is 16.0. The van der Waals surface area contributed by atoms with Gasteiger partial charge >= 0.3 is 5.69 Å². The van der Waals surface area contributed by atoms with Crippen molar-refractivity contribution in [3.05, 3.63) is 105 Å². The molecule has 0 bridgehead atoms. The number of carbonyl (C=O) groups excluding carboxylic acids is 2. The number of carbonyl (C=O) groups is 2. The van der Waals surface area contributed by atoms with E-state index in [1.165, 1.54) is 24.3 Å². The van der Waals surface area contributed by atoms with E-state index in [0.717, 1.165) is 5.01 Å². The molecular weight excluding hydrogens is 424 g/mol. The fraction of sp³-hybridized carbons (Fsp3) is 0.0417. The van der Waals surface area contributed by atoms with Crippen LogP contribution in [-0.2, 0) is 16.2 Å². The van der Waals surface area contributed by atoms with E-state index in [9.17, 15) is 25.0 Å². The van der Waals surface area contributed by atoms with Gasteiger partial charge < -0.3 is 4.74 Å². The fourth-order valence-corrected chi connectivity index (χ4v) is 3.28. The summed E-state index contributed by atoms with van der Waals surface area (Å²) < 4.78 is 5.60. The number of hydrogen-bond donors (Lipinski definition) is 1. The monoisotopic (exact) mass is 440 g/mol. The molecule has 33 heavy (non-hydrogen) atoms. The summed E-state index contributed by atoms with van der Waals surface area (Å²) in [5.74, 6) is -1.18. The van der Waals surface area contributed by atoms with Gasteiger partial charge in [-0.2, -0.15) is 5.26 Å². The molecule has 0 spiro atoms. The first-order valence-electron chi connectivity index (χ1n) is 9.79. The second kappa shape index (κ2) is 9.03. The predicted octanol–water partition coefficient (Wildman–Crippen LogP) is 3.51. The predicted molar refractivity (Wildman–Crippen MR) is 119 cm³/mol. The molecule has 0 aromatic heterocycles. The molecule has 1 fully saturated rings. The van der Waals surface area contributed by atoms with Crippen LogP contribution in [0, 0.1) is 21.4 Å². The first-order valence-corrected chi connectivity index (χ1v) is 9.79. The van der Waals surface area contributed by atoms with E-state index in [0.29, 0.717) is 22.4 Å². The number of anilines is 1. The summed E-state index contributed by atoms with van der Waals surface area (Å²) in [6.45, 7) is -0.0298. The van der Waals surface area contributed by atoms with Gasteiger partial charge in [0.1, 0.15) is 12.2 Å². The Labute approximate surface area is 188 Å². The van der Waals surface area contributed by atoms with Crippen LogP contribution in [0.5, 0.6) is 5.75 Å². The van der Waals surface area contributed by atoms with Gasteiger partial charge in [-0.1, -0.05) is 42.5 Å². The number of nitrogens with zero attached hydrogens (tertiary/aromatic N) is 3. The van der Waals surface area contributed by atoms with Gasteiger partial charge in [0.05, 0.1) is 22.2 Å². The molecule has 1 heterocycles. The quantitative estimate of drug-likeness (QED) is 0.271. The summed E-state index contributed by atoms with van der Waals surface area (Å²) in [6.07, 6.45) is 1.29. The molecule has 3 aromatic carbocycles. The zero-order valence-electron chi connectivity index (χ0n) is 17.1. The molecule has 4 rings (SSSR count). The number of nitro benzene ring substituents is 1. The molecule has 1 aliphatic rings. The number of nitrogens with one attached hydrogen (secondary N) is 1. The van der Waals surface area contributed by atoms with Crippen LogP contribution in [0.2, 0.25) is 0 Å². The summed E-state index contributed by atoms with van der Waals surface area (Å²) >= 11 is 0. The third kappa shape index (κ3) is 4.40. The van der Waals surface area contributed by atoms with Gasteiger partial charge in [0.2, 0.25) is 0 Å². The van der Waals surface area contributed by atoms with Crippen LogP contribution < -0.4 is 15.2 Å². The number of para-hydroxylation sites is 1. The molecule has 9 nitrogen and oxygen atoms in total. The van der Waals surface area contributed by atoms with Gasteiger partial charge in [-0.05, 0) is 35.9 Å². The number of rotatable bonds is 6. The first kappa shape index (κ1) is 21.3. The molecule has 3 aromatic rings. The maximum Gasteiger partial charge on any atom is 0.311 e. The fourth-order valence-electron chi connectivity index (χ4n) is 3.28. The Kier molecular flexibility index (Phi) is 5.82. The van der Waals surface area contributed by atoms with Crippen molar-refractivity contribution in [3.63, 3.8) is 0 Å². The van der Waals surface area contributed by atoms with Crippen LogP contribution in [0.15, 0.2) is 78.4 Å². The molecule has 162 valence electrons. The number of ether oxygens (including phenoxy) is 1. The van der Waals surface area contributed by atoms with E-state index >= 15 is 0 Å². The Morgan fingerprint density at radius 1 is 1.06 bits per heavy atom. The number of hydrogen-bond acceptors (Lipinski definition) is 6. The van der Waals surface area contributed by atoms with Crippen LogP contribution in [0.1, 0.15) is 16.7 Å². The Hall–Kier alpha value is -4.97. The summed E-state index contributed by atoms with van der Waals surface area (Å²) in [6, 6.07) is 21.5. The standard InChI is InChI=1S/C24H16N4O5/c25-14-17-6-4-5-7-18(17)15-33-22-11-10-16(13-21(22)28(31)32)12-20-23(29)26-27(24(20)30)19-8-2-1-3-9-19/h1-13H,15H2,(H,26,29). The topological polar surface area (TPSA) is 126 Å². The maximum absolute atomic E-state index is 12.7. The van der Waals surface area contributed by atoms with Gasteiger partial charge in [0.15, 0.2) is 5.75 Å². The van der Waals surface area contributed by atoms with Gasteiger partial charge in [0, 0.05) is 11.6 Å². The molecule has 1 aliphatic heterocycles. The molecule has 2 amide bonds. The average Bonchev–Trinajstić information content (AvgIpc) is 3.12. The Morgan fingerprint density at radius 3 is 2.52 bits per heavy atom. The average molecular weight is 440 g/mol. The highest BCUT2D eigenvalue weighted by Gasteiger charge is 2.34. The number of benzene rings is 3. The van der Waals surface area contributed by atoms with Crippen molar-refractivity contribution >= 4 is 29.3 Å². The van der Waals surface area contributed by atoms with Crippen molar-refractivity contribution in [2.24, 2.45) is 0 Å². The Balaban J connectivity index is 1.59. The van der Waals surface area contributed by atoms with Crippen molar-refractivity contribution in [2.75, 3.05) is 5.01 Å². The number of amides is 2. The highest BCUT2D eigenvalue weighted by Crippen LogP contribution is 2.30. The van der Waals surface area contributed by atoms with E-state index in [2.05, 4.69) is 5.43 Å². The Morgan fingerprint density at radius 2 is 1.79 bits per heavy atom. The van der Waals surface area contributed by atoms with Crippen LogP contribution in [0.4, 0.5) is 11.4 Å². The van der Waals surface area contributed by atoms with Crippen LogP contribution >= 0.6 is 0 Å². The van der Waals surface area contributed by atoms with Gasteiger partial charge in [0.25, 0.3) is 11.8 Å². The van der Waals surface area contributed by atoms with Crippen molar-refractivity contribution in [3.8, 4) is 11.8 Å². The smallest absolute Gasteiger partial charge is 0.311 e. The van der Waals surface area contributed by atoms with E-state index in [-0.39, 0.29) is 23.6 Å². The largest absolute Gasteiger partial charge is 0.482 e. The van der Waals surface area contributed by atoms with E-state index in [1.807, 2.05) is 6.07 Å². The normalized spacial score (nSPS) is 14.2. The summed E-state index contributed by atoms with van der Waals surface area (Å²) in [5.41, 5.74) is 3.79. The lowest BCUT2D eigenvalue weighted by atomic mass is 10.1. The Bertz CT molecular complexity index is 1330. The van der Waals surface area contributed by atoms with Crippen molar-refractivity contribution in [1.29, 1.82) is 5.26 Å². The molecule has 0 unspecified atom stereocenters. The number of nitro groups is 1. The summed E-state index contributed by atoms with van der Waals surface area (Å²) in [4.78, 5) is 36.1. The lowest BCUT2D eigenvalue weighted by Gasteiger charge is -2.13.